The molecule has 1 fully saturated rings. The predicted molar refractivity (Wildman–Crippen MR) is 99.4 cm³/mol. The van der Waals surface area contributed by atoms with Gasteiger partial charge in [-0.15, -0.1) is 0 Å². The van der Waals surface area contributed by atoms with Gasteiger partial charge in [0.15, 0.2) is 11.5 Å². The van der Waals surface area contributed by atoms with E-state index in [9.17, 15) is 8.42 Å². The van der Waals surface area contributed by atoms with E-state index >= 15 is 0 Å². The average Bonchev–Trinajstić information content (AvgIpc) is 3.38. The summed E-state index contributed by atoms with van der Waals surface area (Å²) in [5, 5.41) is 0. The van der Waals surface area contributed by atoms with Crippen molar-refractivity contribution in [3.05, 3.63) is 23.8 Å². The molecule has 2 rings (SSSR count). The highest BCUT2D eigenvalue weighted by molar-refractivity contribution is 7.87. The van der Waals surface area contributed by atoms with Crippen molar-refractivity contribution in [1.29, 1.82) is 0 Å². The molecular formula is C18H30N2O4S. The minimum absolute atomic E-state index is 0.113. The van der Waals surface area contributed by atoms with Crippen molar-refractivity contribution >= 4 is 10.2 Å². The monoisotopic (exact) mass is 370 g/mol. The second kappa shape index (κ2) is 8.38. The van der Waals surface area contributed by atoms with Crippen molar-refractivity contribution in [2.75, 3.05) is 27.8 Å². The molecule has 0 heterocycles. The van der Waals surface area contributed by atoms with E-state index in [1.807, 2.05) is 26.0 Å². The van der Waals surface area contributed by atoms with E-state index in [1.165, 1.54) is 22.7 Å². The molecule has 7 heteroatoms. The molecule has 25 heavy (non-hydrogen) atoms. The maximum atomic E-state index is 12.2. The highest BCUT2D eigenvalue weighted by atomic mass is 32.2. The Morgan fingerprint density at radius 3 is 2.36 bits per heavy atom. The van der Waals surface area contributed by atoms with Crippen LogP contribution in [0.1, 0.15) is 44.6 Å². The number of rotatable bonds is 10. The third kappa shape index (κ3) is 5.33. The number of methoxy groups -OCH3 is 2. The standard InChI is InChI=1S/C18H30N2O4S/c1-13(2)19-25(21,22)20(3)11-10-16(14-6-7-14)15-8-9-17(23-4)18(12-15)24-5/h8-9,12-14,16,19H,6-7,10-11H2,1-5H3. The summed E-state index contributed by atoms with van der Waals surface area (Å²) in [4.78, 5) is 0. The Morgan fingerprint density at radius 1 is 1.20 bits per heavy atom. The minimum Gasteiger partial charge on any atom is -0.493 e. The quantitative estimate of drug-likeness (QED) is 0.688. The van der Waals surface area contributed by atoms with Crippen LogP contribution in [0.4, 0.5) is 0 Å². The largest absolute Gasteiger partial charge is 0.493 e. The molecule has 1 aromatic rings. The number of hydrogen-bond donors (Lipinski definition) is 1. The van der Waals surface area contributed by atoms with Crippen LogP contribution in [0.5, 0.6) is 11.5 Å². The molecule has 1 N–H and O–H groups in total. The van der Waals surface area contributed by atoms with Gasteiger partial charge in [-0.25, -0.2) is 0 Å². The van der Waals surface area contributed by atoms with Gasteiger partial charge < -0.3 is 9.47 Å². The molecule has 0 radical (unpaired) electrons. The van der Waals surface area contributed by atoms with E-state index in [0.717, 1.165) is 6.42 Å². The summed E-state index contributed by atoms with van der Waals surface area (Å²) in [5.41, 5.74) is 1.18. The van der Waals surface area contributed by atoms with Crippen LogP contribution < -0.4 is 14.2 Å². The Kier molecular flexibility index (Phi) is 6.71. The second-order valence-electron chi connectivity index (χ2n) is 6.95. The van der Waals surface area contributed by atoms with Crippen molar-refractivity contribution in [2.24, 2.45) is 5.92 Å². The highest BCUT2D eigenvalue weighted by Gasteiger charge is 2.33. The lowest BCUT2D eigenvalue weighted by molar-refractivity contribution is 0.353. The Hall–Kier alpha value is -1.31. The summed E-state index contributed by atoms with van der Waals surface area (Å²) in [6, 6.07) is 5.88. The van der Waals surface area contributed by atoms with E-state index in [0.29, 0.717) is 29.9 Å². The molecule has 142 valence electrons. The van der Waals surface area contributed by atoms with Crippen LogP contribution in [0.15, 0.2) is 18.2 Å². The van der Waals surface area contributed by atoms with Gasteiger partial charge in [-0.1, -0.05) is 6.07 Å². The number of ether oxygens (including phenoxy) is 2. The molecule has 0 bridgehead atoms. The highest BCUT2D eigenvalue weighted by Crippen LogP contribution is 2.46. The molecule has 0 saturated heterocycles. The van der Waals surface area contributed by atoms with Crippen molar-refractivity contribution in [3.8, 4) is 11.5 Å². The van der Waals surface area contributed by atoms with Gasteiger partial charge >= 0.3 is 0 Å². The van der Waals surface area contributed by atoms with E-state index in [-0.39, 0.29) is 6.04 Å². The molecule has 0 amide bonds. The first kappa shape index (κ1) is 20.0. The molecule has 1 aromatic carbocycles. The van der Waals surface area contributed by atoms with E-state index in [2.05, 4.69) is 10.8 Å². The van der Waals surface area contributed by atoms with Gasteiger partial charge in [-0.2, -0.15) is 17.4 Å². The van der Waals surface area contributed by atoms with Gasteiger partial charge in [0.25, 0.3) is 10.2 Å². The fraction of sp³-hybridized carbons (Fsp3) is 0.667. The van der Waals surface area contributed by atoms with Crippen molar-refractivity contribution in [1.82, 2.24) is 9.03 Å². The van der Waals surface area contributed by atoms with Crippen LogP contribution in [0.3, 0.4) is 0 Å². The Morgan fingerprint density at radius 2 is 1.84 bits per heavy atom. The number of hydrogen-bond acceptors (Lipinski definition) is 4. The third-order valence-electron chi connectivity index (χ3n) is 4.58. The Bertz CT molecular complexity index is 672. The van der Waals surface area contributed by atoms with Crippen LogP contribution in [-0.2, 0) is 10.2 Å². The van der Waals surface area contributed by atoms with E-state index in [1.54, 1.807) is 21.3 Å². The topological polar surface area (TPSA) is 67.9 Å². The van der Waals surface area contributed by atoms with Crippen LogP contribution >= 0.6 is 0 Å². The van der Waals surface area contributed by atoms with Gasteiger partial charge in [0.05, 0.1) is 14.2 Å². The maximum Gasteiger partial charge on any atom is 0.279 e. The van der Waals surface area contributed by atoms with E-state index < -0.39 is 10.2 Å². The summed E-state index contributed by atoms with van der Waals surface area (Å²) in [6.07, 6.45) is 3.18. The Labute approximate surface area is 151 Å². The molecule has 1 unspecified atom stereocenters. The summed E-state index contributed by atoms with van der Waals surface area (Å²) in [5.74, 6) is 2.37. The molecule has 0 aromatic heterocycles. The van der Waals surface area contributed by atoms with Gasteiger partial charge in [-0.3, -0.25) is 0 Å². The molecule has 1 saturated carbocycles. The normalized spacial score (nSPS) is 16.3. The van der Waals surface area contributed by atoms with Crippen LogP contribution in [0.2, 0.25) is 0 Å². The van der Waals surface area contributed by atoms with E-state index in [4.69, 9.17) is 9.47 Å². The van der Waals surface area contributed by atoms with Gasteiger partial charge in [0.1, 0.15) is 0 Å². The SMILES string of the molecule is COc1ccc(C(CCN(C)S(=O)(=O)NC(C)C)C2CC2)cc1OC. The second-order valence-corrected chi connectivity index (χ2v) is 8.76. The number of nitrogens with zero attached hydrogens (tertiary/aromatic N) is 1. The first-order valence-electron chi connectivity index (χ1n) is 8.74. The lowest BCUT2D eigenvalue weighted by Gasteiger charge is -2.23. The molecular weight excluding hydrogens is 340 g/mol. The lowest BCUT2D eigenvalue weighted by Crippen LogP contribution is -2.42. The van der Waals surface area contributed by atoms with Crippen molar-refractivity contribution in [2.45, 2.75) is 45.1 Å². The zero-order valence-corrected chi connectivity index (χ0v) is 16.6. The molecule has 1 atom stereocenters. The molecule has 0 aliphatic heterocycles. The smallest absolute Gasteiger partial charge is 0.279 e. The maximum absolute atomic E-state index is 12.2. The number of nitrogens with one attached hydrogen (secondary N) is 1. The summed E-state index contributed by atoms with van der Waals surface area (Å²) >= 11 is 0. The fourth-order valence-electron chi connectivity index (χ4n) is 3.09. The molecule has 6 nitrogen and oxygen atoms in total. The van der Waals surface area contributed by atoms with Crippen LogP contribution in [0, 0.1) is 5.92 Å². The average molecular weight is 371 g/mol. The van der Waals surface area contributed by atoms with Crippen LogP contribution in [-0.4, -0.2) is 46.6 Å². The third-order valence-corrected chi connectivity index (χ3v) is 6.35. The van der Waals surface area contributed by atoms with Gasteiger partial charge in [0.2, 0.25) is 0 Å². The number of benzene rings is 1. The summed E-state index contributed by atoms with van der Waals surface area (Å²) in [6.45, 7) is 4.13. The molecule has 1 aliphatic rings. The fourth-order valence-corrected chi connectivity index (χ4v) is 4.21. The lowest BCUT2D eigenvalue weighted by atomic mass is 9.90. The predicted octanol–water partition coefficient (Wildman–Crippen LogP) is 2.76. The van der Waals surface area contributed by atoms with Crippen molar-refractivity contribution in [3.63, 3.8) is 0 Å². The zero-order chi connectivity index (χ0) is 18.6. The van der Waals surface area contributed by atoms with Gasteiger partial charge in [-0.05, 0) is 62.6 Å². The first-order chi connectivity index (χ1) is 11.8. The molecule has 1 aliphatic carbocycles. The van der Waals surface area contributed by atoms with Gasteiger partial charge in [0, 0.05) is 19.6 Å². The Balaban J connectivity index is 2.09. The first-order valence-corrected chi connectivity index (χ1v) is 10.2. The summed E-state index contributed by atoms with van der Waals surface area (Å²) in [7, 11) is 1.45. The minimum atomic E-state index is -3.43. The van der Waals surface area contributed by atoms with Crippen molar-refractivity contribution < 1.29 is 17.9 Å². The van der Waals surface area contributed by atoms with Crippen LogP contribution in [0.25, 0.3) is 0 Å². The molecule has 0 spiro atoms. The zero-order valence-electron chi connectivity index (χ0n) is 15.8. The summed E-state index contributed by atoms with van der Waals surface area (Å²) < 4.78 is 39.2.